The number of thioether (sulfide) groups is 1. The first kappa shape index (κ1) is 14.9. The lowest BCUT2D eigenvalue weighted by atomic mass is 9.95. The minimum absolute atomic E-state index is 0.733. The molecule has 112 valence electrons. The highest BCUT2D eigenvalue weighted by atomic mass is 32.2. The van der Waals surface area contributed by atoms with Crippen molar-refractivity contribution in [3.63, 3.8) is 0 Å². The largest absolute Gasteiger partial charge is 0.314 e. The highest BCUT2D eigenvalue weighted by Crippen LogP contribution is 2.35. The monoisotopic (exact) mass is 299 g/mol. The van der Waals surface area contributed by atoms with Crippen LogP contribution in [0.15, 0.2) is 47.4 Å². The molecule has 0 aromatic heterocycles. The molecule has 2 unspecified atom stereocenters. The fourth-order valence-corrected chi connectivity index (χ4v) is 4.56. The van der Waals surface area contributed by atoms with Crippen LogP contribution in [0.2, 0.25) is 0 Å². The molecule has 1 N–H and O–H groups in total. The Bertz CT molecular complexity index is 581. The Hall–Kier alpha value is -0.990. The fourth-order valence-electron chi connectivity index (χ4n) is 3.22. The average Bonchev–Trinajstić information content (AvgIpc) is 2.53. The van der Waals surface area contributed by atoms with Gasteiger partial charge in [-0.15, -0.1) is 11.8 Å². The summed E-state index contributed by atoms with van der Waals surface area (Å²) < 4.78 is 0. The van der Waals surface area contributed by atoms with Crippen LogP contribution in [0.4, 0.5) is 0 Å². The molecular weight excluding hydrogens is 274 g/mol. The third kappa shape index (κ3) is 4.02. The average molecular weight is 299 g/mol. The van der Waals surface area contributed by atoms with Crippen LogP contribution in [-0.4, -0.2) is 17.8 Å². The first-order valence-electron chi connectivity index (χ1n) is 8.24. The number of hydrogen-bond donors (Lipinski definition) is 1. The zero-order chi connectivity index (χ0) is 14.5. The van der Waals surface area contributed by atoms with Gasteiger partial charge >= 0.3 is 0 Å². The topological polar surface area (TPSA) is 12.0 Å². The molecule has 0 saturated heterocycles. The maximum Gasteiger partial charge on any atom is 0.0109 e. The van der Waals surface area contributed by atoms with Crippen molar-refractivity contribution in [2.45, 2.75) is 55.2 Å². The van der Waals surface area contributed by atoms with Crippen LogP contribution < -0.4 is 5.32 Å². The highest BCUT2D eigenvalue weighted by molar-refractivity contribution is 8.00. The minimum atomic E-state index is 0.733. The summed E-state index contributed by atoms with van der Waals surface area (Å²) in [6.45, 7) is 3.41. The maximum absolute atomic E-state index is 3.70. The molecule has 0 aliphatic heterocycles. The number of hydrogen-bond acceptors (Lipinski definition) is 2. The van der Waals surface area contributed by atoms with Crippen LogP contribution in [0.1, 0.15) is 39.0 Å². The summed E-state index contributed by atoms with van der Waals surface area (Å²) in [7, 11) is 0. The zero-order valence-electron chi connectivity index (χ0n) is 12.8. The van der Waals surface area contributed by atoms with Gasteiger partial charge in [0.2, 0.25) is 0 Å². The van der Waals surface area contributed by atoms with E-state index in [2.05, 4.69) is 66.5 Å². The molecule has 21 heavy (non-hydrogen) atoms. The van der Waals surface area contributed by atoms with Crippen molar-refractivity contribution >= 4 is 22.5 Å². The summed E-state index contributed by atoms with van der Waals surface area (Å²) in [4.78, 5) is 1.43. The first-order chi connectivity index (χ1) is 10.3. The van der Waals surface area contributed by atoms with E-state index < -0.39 is 0 Å². The van der Waals surface area contributed by atoms with E-state index in [-0.39, 0.29) is 0 Å². The molecule has 3 rings (SSSR count). The van der Waals surface area contributed by atoms with Crippen molar-refractivity contribution in [3.8, 4) is 0 Å². The third-order valence-electron chi connectivity index (χ3n) is 4.33. The van der Waals surface area contributed by atoms with Gasteiger partial charge in [0.15, 0.2) is 0 Å². The van der Waals surface area contributed by atoms with Gasteiger partial charge in [0.25, 0.3) is 0 Å². The van der Waals surface area contributed by atoms with Gasteiger partial charge in [-0.25, -0.2) is 0 Å². The van der Waals surface area contributed by atoms with Gasteiger partial charge in [0, 0.05) is 16.2 Å². The molecule has 1 fully saturated rings. The van der Waals surface area contributed by atoms with Gasteiger partial charge in [-0.2, -0.15) is 0 Å². The molecule has 2 heteroatoms. The quantitative estimate of drug-likeness (QED) is 0.810. The van der Waals surface area contributed by atoms with E-state index in [4.69, 9.17) is 0 Å². The Kier molecular flexibility index (Phi) is 5.21. The van der Waals surface area contributed by atoms with Gasteiger partial charge in [0.1, 0.15) is 0 Å². The van der Waals surface area contributed by atoms with Crippen LogP contribution >= 0.6 is 11.8 Å². The smallest absolute Gasteiger partial charge is 0.0109 e. The van der Waals surface area contributed by atoms with Crippen molar-refractivity contribution < 1.29 is 0 Å². The second kappa shape index (κ2) is 7.33. The third-order valence-corrected chi connectivity index (χ3v) is 5.62. The van der Waals surface area contributed by atoms with Crippen LogP contribution in [0, 0.1) is 0 Å². The van der Waals surface area contributed by atoms with Crippen molar-refractivity contribution in [1.82, 2.24) is 5.32 Å². The van der Waals surface area contributed by atoms with E-state index in [1.54, 1.807) is 0 Å². The lowest BCUT2D eigenvalue weighted by Gasteiger charge is -2.29. The van der Waals surface area contributed by atoms with Crippen molar-refractivity contribution in [2.75, 3.05) is 6.54 Å². The van der Waals surface area contributed by atoms with Gasteiger partial charge in [-0.3, -0.25) is 0 Å². The van der Waals surface area contributed by atoms with E-state index in [0.717, 1.165) is 17.8 Å². The van der Waals surface area contributed by atoms with Crippen LogP contribution in [0.25, 0.3) is 10.8 Å². The Morgan fingerprint density at radius 2 is 1.95 bits per heavy atom. The van der Waals surface area contributed by atoms with Gasteiger partial charge in [-0.1, -0.05) is 43.7 Å². The summed E-state index contributed by atoms with van der Waals surface area (Å²) in [6, 6.07) is 16.3. The molecular formula is C19H25NS. The van der Waals surface area contributed by atoms with E-state index >= 15 is 0 Å². The summed E-state index contributed by atoms with van der Waals surface area (Å²) in [6.07, 6.45) is 6.64. The van der Waals surface area contributed by atoms with Crippen molar-refractivity contribution in [2.24, 2.45) is 0 Å². The summed E-state index contributed by atoms with van der Waals surface area (Å²) in [5, 5.41) is 7.18. The Morgan fingerprint density at radius 3 is 2.81 bits per heavy atom. The van der Waals surface area contributed by atoms with Gasteiger partial charge in [0.05, 0.1) is 0 Å². The minimum Gasteiger partial charge on any atom is -0.314 e. The van der Waals surface area contributed by atoms with E-state index in [0.29, 0.717) is 0 Å². The molecule has 0 bridgehead atoms. The Balaban J connectivity index is 1.64. The maximum atomic E-state index is 3.70. The van der Waals surface area contributed by atoms with Crippen LogP contribution in [-0.2, 0) is 0 Å². The second-order valence-corrected chi connectivity index (χ2v) is 7.44. The molecule has 0 amide bonds. The van der Waals surface area contributed by atoms with E-state index in [1.807, 2.05) is 0 Å². The summed E-state index contributed by atoms with van der Waals surface area (Å²) in [5.74, 6) is 0. The second-order valence-electron chi connectivity index (χ2n) is 6.07. The standard InChI is InChI=1S/C19H25NS/c1-2-12-20-17-8-5-9-18(14-17)21-19-11-10-15-6-3-4-7-16(15)13-19/h3-4,6-7,10-11,13,17-18,20H,2,5,8-9,12,14H2,1H3. The summed E-state index contributed by atoms with van der Waals surface area (Å²) in [5.41, 5.74) is 0. The van der Waals surface area contributed by atoms with Crippen LogP contribution in [0.5, 0.6) is 0 Å². The fraction of sp³-hybridized carbons (Fsp3) is 0.474. The molecule has 1 saturated carbocycles. The lowest BCUT2D eigenvalue weighted by Crippen LogP contribution is -2.35. The SMILES string of the molecule is CCCNC1CCCC(Sc2ccc3ccccc3c2)C1. The number of nitrogens with one attached hydrogen (secondary N) is 1. The number of benzene rings is 2. The highest BCUT2D eigenvalue weighted by Gasteiger charge is 2.22. The predicted octanol–water partition coefficient (Wildman–Crippen LogP) is 5.24. The molecule has 2 atom stereocenters. The first-order valence-corrected chi connectivity index (χ1v) is 9.12. The van der Waals surface area contributed by atoms with E-state index in [1.165, 1.54) is 47.8 Å². The molecule has 0 radical (unpaired) electrons. The Morgan fingerprint density at radius 1 is 1.10 bits per heavy atom. The normalized spacial score (nSPS) is 22.5. The Labute approximate surface area is 132 Å². The van der Waals surface area contributed by atoms with E-state index in [9.17, 15) is 0 Å². The van der Waals surface area contributed by atoms with Crippen molar-refractivity contribution in [3.05, 3.63) is 42.5 Å². The number of fused-ring (bicyclic) bond motifs is 1. The lowest BCUT2D eigenvalue weighted by molar-refractivity contribution is 0.381. The molecule has 1 aliphatic rings. The zero-order valence-corrected chi connectivity index (χ0v) is 13.7. The van der Waals surface area contributed by atoms with Crippen LogP contribution in [0.3, 0.4) is 0 Å². The molecule has 0 heterocycles. The molecule has 1 aliphatic carbocycles. The summed E-state index contributed by atoms with van der Waals surface area (Å²) >= 11 is 2.08. The molecule has 2 aromatic rings. The molecule has 1 nitrogen and oxygen atoms in total. The van der Waals surface area contributed by atoms with Crippen molar-refractivity contribution in [1.29, 1.82) is 0 Å². The molecule has 2 aromatic carbocycles. The van der Waals surface area contributed by atoms with Gasteiger partial charge < -0.3 is 5.32 Å². The van der Waals surface area contributed by atoms with Gasteiger partial charge in [-0.05, 0) is 55.1 Å². The molecule has 0 spiro atoms. The predicted molar refractivity (Wildman–Crippen MR) is 94.1 cm³/mol. The number of rotatable bonds is 5.